The van der Waals surface area contributed by atoms with Gasteiger partial charge in [-0.3, -0.25) is 0 Å². The maximum atomic E-state index is 4.44. The number of hydrogen-bond acceptors (Lipinski definition) is 2. The maximum absolute atomic E-state index is 4.44. The van der Waals surface area contributed by atoms with Gasteiger partial charge >= 0.3 is 0 Å². The van der Waals surface area contributed by atoms with Gasteiger partial charge in [-0.2, -0.15) is 0 Å². The van der Waals surface area contributed by atoms with E-state index in [9.17, 15) is 0 Å². The molecule has 0 radical (unpaired) electrons. The molecule has 68 valence electrons. The van der Waals surface area contributed by atoms with E-state index in [0.29, 0.717) is 0 Å². The molecule has 0 spiro atoms. The van der Waals surface area contributed by atoms with E-state index in [1.807, 2.05) is 17.4 Å². The van der Waals surface area contributed by atoms with Crippen LogP contribution in [0.3, 0.4) is 0 Å². The Morgan fingerprint density at radius 2 is 2.23 bits per heavy atom. The molecule has 1 heterocycles. The predicted octanol–water partition coefficient (Wildman–Crippen LogP) is 4.69. The topological polar surface area (TPSA) is 0 Å². The number of thiophene rings is 1. The fourth-order valence-corrected chi connectivity index (χ4v) is 4.99. The highest BCUT2D eigenvalue weighted by Gasteiger charge is 2.09. The monoisotopic (exact) mass is 384 g/mol. The van der Waals surface area contributed by atoms with Crippen molar-refractivity contribution in [2.45, 2.75) is 10.2 Å². The zero-order valence-corrected chi connectivity index (χ0v) is 12.0. The Hall–Kier alpha value is 0.740. The summed E-state index contributed by atoms with van der Waals surface area (Å²) in [6.07, 6.45) is 0. The zero-order chi connectivity index (χ0) is 9.42. The van der Waals surface area contributed by atoms with Gasteiger partial charge in [-0.15, -0.1) is 24.0 Å². The van der Waals surface area contributed by atoms with E-state index in [0.717, 1.165) is 10.2 Å². The van der Waals surface area contributed by atoms with Gasteiger partial charge in [0.15, 0.2) is 0 Å². The van der Waals surface area contributed by atoms with Crippen LogP contribution in [0.15, 0.2) is 23.1 Å². The van der Waals surface area contributed by atoms with Crippen LogP contribution >= 0.6 is 62.5 Å². The summed E-state index contributed by atoms with van der Waals surface area (Å²) < 4.78 is 2.65. The van der Waals surface area contributed by atoms with Gasteiger partial charge in [0.05, 0.1) is 2.88 Å². The van der Waals surface area contributed by atoms with Crippen LogP contribution in [-0.4, -0.2) is 0 Å². The van der Waals surface area contributed by atoms with Crippen LogP contribution in [-0.2, 0) is 5.33 Å². The second-order valence-corrected chi connectivity index (χ2v) is 6.52. The van der Waals surface area contributed by atoms with Crippen LogP contribution in [0, 0.1) is 2.88 Å². The molecule has 0 unspecified atom stereocenters. The first-order valence-corrected chi connectivity index (χ1v) is 7.15. The molecule has 2 aromatic rings. The molecule has 2 rings (SSSR count). The fraction of sp³-hybridized carbons (Fsp3) is 0.111. The first kappa shape index (κ1) is 10.3. The van der Waals surface area contributed by atoms with E-state index < -0.39 is 0 Å². The normalized spacial score (nSPS) is 11.0. The summed E-state index contributed by atoms with van der Waals surface area (Å²) in [5.41, 5.74) is 1.39. The standard InChI is InChI=1S/C9H6BrIS2/c10-4-6-5-2-1-3-7(12)8(5)13-9(6)11/h1-3,12H,4H2. The molecule has 0 aliphatic heterocycles. The molecule has 0 amide bonds. The molecule has 0 aliphatic rings. The molecule has 1 aromatic heterocycles. The number of thiol groups is 1. The number of alkyl halides is 1. The zero-order valence-electron chi connectivity index (χ0n) is 6.55. The van der Waals surface area contributed by atoms with Gasteiger partial charge in [0.1, 0.15) is 0 Å². The van der Waals surface area contributed by atoms with Crippen molar-refractivity contribution in [2.24, 2.45) is 0 Å². The second kappa shape index (κ2) is 4.08. The third kappa shape index (κ3) is 1.78. The highest BCUT2D eigenvalue weighted by Crippen LogP contribution is 2.36. The number of fused-ring (bicyclic) bond motifs is 1. The SMILES string of the molecule is Sc1cccc2c(CBr)c(I)sc12. The lowest BCUT2D eigenvalue weighted by Crippen LogP contribution is -1.75. The van der Waals surface area contributed by atoms with Crippen molar-refractivity contribution < 1.29 is 0 Å². The van der Waals surface area contributed by atoms with Crippen LogP contribution in [0.1, 0.15) is 5.56 Å². The van der Waals surface area contributed by atoms with Crippen molar-refractivity contribution in [2.75, 3.05) is 0 Å². The quantitative estimate of drug-likeness (QED) is 0.411. The van der Waals surface area contributed by atoms with Gasteiger partial charge in [-0.25, -0.2) is 0 Å². The Bertz CT molecular complexity index is 450. The summed E-state index contributed by atoms with van der Waals surface area (Å²) in [7, 11) is 0. The summed E-state index contributed by atoms with van der Waals surface area (Å²) in [6.45, 7) is 0. The number of hydrogen-bond donors (Lipinski definition) is 1. The summed E-state index contributed by atoms with van der Waals surface area (Å²) in [5, 5.41) is 2.25. The molecular formula is C9H6BrIS2. The van der Waals surface area contributed by atoms with Gasteiger partial charge in [0, 0.05) is 14.9 Å². The van der Waals surface area contributed by atoms with E-state index in [4.69, 9.17) is 0 Å². The van der Waals surface area contributed by atoms with Gasteiger partial charge in [0.25, 0.3) is 0 Å². The second-order valence-electron chi connectivity index (χ2n) is 2.64. The molecule has 0 aliphatic carbocycles. The Balaban J connectivity index is 2.86. The lowest BCUT2D eigenvalue weighted by molar-refractivity contribution is 1.50. The van der Waals surface area contributed by atoms with Crippen molar-refractivity contribution in [1.82, 2.24) is 0 Å². The van der Waals surface area contributed by atoms with Crippen molar-refractivity contribution in [1.29, 1.82) is 0 Å². The Morgan fingerprint density at radius 1 is 1.46 bits per heavy atom. The lowest BCUT2D eigenvalue weighted by Gasteiger charge is -1.95. The summed E-state index contributed by atoms with van der Waals surface area (Å²) in [6, 6.07) is 6.25. The van der Waals surface area contributed by atoms with Crippen LogP contribution in [0.2, 0.25) is 0 Å². The third-order valence-corrected chi connectivity index (χ3v) is 5.35. The molecule has 0 atom stereocenters. The minimum atomic E-state index is 0.919. The van der Waals surface area contributed by atoms with E-state index in [1.54, 1.807) is 0 Å². The number of benzene rings is 1. The van der Waals surface area contributed by atoms with Gasteiger partial charge < -0.3 is 0 Å². The van der Waals surface area contributed by atoms with Crippen LogP contribution in [0.25, 0.3) is 10.1 Å². The van der Waals surface area contributed by atoms with E-state index >= 15 is 0 Å². The highest BCUT2D eigenvalue weighted by atomic mass is 127. The van der Waals surface area contributed by atoms with Gasteiger partial charge in [-0.1, -0.05) is 28.1 Å². The Kier molecular flexibility index (Phi) is 3.22. The number of rotatable bonds is 1. The minimum Gasteiger partial charge on any atom is -0.142 e. The summed E-state index contributed by atoms with van der Waals surface area (Å²) in [4.78, 5) is 1.08. The Morgan fingerprint density at radius 3 is 2.92 bits per heavy atom. The molecule has 0 saturated heterocycles. The smallest absolute Gasteiger partial charge is 0.0706 e. The van der Waals surface area contributed by atoms with Crippen molar-refractivity contribution in [3.63, 3.8) is 0 Å². The van der Waals surface area contributed by atoms with E-state index in [2.05, 4.69) is 63.3 Å². The largest absolute Gasteiger partial charge is 0.142 e. The van der Waals surface area contributed by atoms with Crippen molar-refractivity contribution >= 4 is 72.6 Å². The van der Waals surface area contributed by atoms with Gasteiger partial charge in [-0.05, 0) is 39.6 Å². The predicted molar refractivity (Wildman–Crippen MR) is 74.4 cm³/mol. The molecule has 0 bridgehead atoms. The highest BCUT2D eigenvalue weighted by molar-refractivity contribution is 14.1. The molecule has 0 nitrogen and oxygen atoms in total. The van der Waals surface area contributed by atoms with Crippen LogP contribution in [0.4, 0.5) is 0 Å². The van der Waals surface area contributed by atoms with Crippen molar-refractivity contribution in [3.05, 3.63) is 26.6 Å². The molecule has 1 aromatic carbocycles. The van der Waals surface area contributed by atoms with E-state index in [-0.39, 0.29) is 0 Å². The fourth-order valence-electron chi connectivity index (χ4n) is 1.25. The Labute approximate surface area is 108 Å². The molecule has 4 heteroatoms. The van der Waals surface area contributed by atoms with E-state index in [1.165, 1.54) is 18.5 Å². The minimum absolute atomic E-state index is 0.919. The molecule has 0 saturated carbocycles. The molecule has 0 N–H and O–H groups in total. The third-order valence-electron chi connectivity index (χ3n) is 1.88. The summed E-state index contributed by atoms with van der Waals surface area (Å²) >= 11 is 12.1. The maximum Gasteiger partial charge on any atom is 0.0706 e. The molecule has 13 heavy (non-hydrogen) atoms. The first-order chi connectivity index (χ1) is 6.24. The average Bonchev–Trinajstić information content (AvgIpc) is 2.43. The molecule has 0 fully saturated rings. The van der Waals surface area contributed by atoms with Crippen LogP contribution < -0.4 is 0 Å². The number of halogens is 2. The van der Waals surface area contributed by atoms with Crippen molar-refractivity contribution in [3.8, 4) is 0 Å². The molecular weight excluding hydrogens is 379 g/mol. The van der Waals surface area contributed by atoms with Crippen LogP contribution in [0.5, 0.6) is 0 Å². The lowest BCUT2D eigenvalue weighted by atomic mass is 10.2. The van der Waals surface area contributed by atoms with Gasteiger partial charge in [0.2, 0.25) is 0 Å². The first-order valence-electron chi connectivity index (χ1n) is 3.69. The average molecular weight is 385 g/mol. The summed E-state index contributed by atoms with van der Waals surface area (Å²) in [5.74, 6) is 0.